The lowest BCUT2D eigenvalue weighted by atomic mass is 9.77. The van der Waals surface area contributed by atoms with Crippen LogP contribution in [0.2, 0.25) is 0 Å². The first-order valence-electron chi connectivity index (χ1n) is 9.23. The van der Waals surface area contributed by atoms with Crippen LogP contribution in [0, 0.1) is 11.3 Å². The molecule has 0 heterocycles. The summed E-state index contributed by atoms with van der Waals surface area (Å²) in [5.41, 5.74) is 1.44. The lowest BCUT2D eigenvalue weighted by molar-refractivity contribution is -0.169. The number of rotatable bonds is 8. The Morgan fingerprint density at radius 3 is 1.55 bits per heavy atom. The second kappa shape index (κ2) is 9.98. The van der Waals surface area contributed by atoms with E-state index in [2.05, 4.69) is 0 Å². The van der Waals surface area contributed by atoms with Gasteiger partial charge in [0.2, 0.25) is 0 Å². The molecule has 2 aromatic rings. The molecule has 0 bridgehead atoms. The summed E-state index contributed by atoms with van der Waals surface area (Å²) >= 11 is 0. The van der Waals surface area contributed by atoms with Crippen molar-refractivity contribution in [2.45, 2.75) is 20.1 Å². The Hall–Kier alpha value is -2.99. The van der Waals surface area contributed by atoms with Crippen LogP contribution in [-0.4, -0.2) is 45.2 Å². The molecule has 154 valence electrons. The molecular weight excluding hydrogens is 370 g/mol. The number of hydrogen-bond donors (Lipinski definition) is 0. The number of nitrogens with zero attached hydrogens (tertiary/aromatic N) is 1. The second-order valence-corrected chi connectivity index (χ2v) is 7.10. The van der Waals surface area contributed by atoms with Crippen LogP contribution in [-0.2, 0) is 23.8 Å². The molecular formula is C23H27NO5. The number of methoxy groups -OCH3 is 3. The van der Waals surface area contributed by atoms with Crippen LogP contribution >= 0.6 is 0 Å². The quantitative estimate of drug-likeness (QED) is 0.387. The van der Waals surface area contributed by atoms with Gasteiger partial charge in [-0.3, -0.25) is 14.6 Å². The van der Waals surface area contributed by atoms with Crippen LogP contribution in [0.3, 0.4) is 0 Å². The Morgan fingerprint density at radius 1 is 0.793 bits per heavy atom. The van der Waals surface area contributed by atoms with Gasteiger partial charge in [0, 0.05) is 23.7 Å². The highest BCUT2D eigenvalue weighted by atomic mass is 16.5. The predicted molar refractivity (Wildman–Crippen MR) is 111 cm³/mol. The van der Waals surface area contributed by atoms with E-state index in [4.69, 9.17) is 19.2 Å². The second-order valence-electron chi connectivity index (χ2n) is 7.10. The van der Waals surface area contributed by atoms with E-state index in [1.54, 1.807) is 13.8 Å². The van der Waals surface area contributed by atoms with E-state index >= 15 is 0 Å². The van der Waals surface area contributed by atoms with Crippen molar-refractivity contribution in [1.82, 2.24) is 0 Å². The zero-order chi connectivity index (χ0) is 21.4. The number of hydrogen-bond acceptors (Lipinski definition) is 6. The first kappa shape index (κ1) is 22.3. The Labute approximate surface area is 171 Å². The van der Waals surface area contributed by atoms with E-state index in [0.717, 1.165) is 11.1 Å². The van der Waals surface area contributed by atoms with Gasteiger partial charge in [-0.15, -0.1) is 0 Å². The molecule has 0 spiro atoms. The SMILES string of the molecule is COC(=O)C(C(=O)OC)C(C)(C)C(N=C(c1ccccc1)c1ccccc1)OC. The van der Waals surface area contributed by atoms with E-state index < -0.39 is 29.5 Å². The van der Waals surface area contributed by atoms with Gasteiger partial charge in [0.05, 0.1) is 19.9 Å². The fourth-order valence-electron chi connectivity index (χ4n) is 3.23. The maximum absolute atomic E-state index is 12.4. The van der Waals surface area contributed by atoms with Crippen molar-refractivity contribution in [1.29, 1.82) is 0 Å². The Balaban J connectivity index is 2.59. The van der Waals surface area contributed by atoms with Crippen molar-refractivity contribution in [3.63, 3.8) is 0 Å². The van der Waals surface area contributed by atoms with Gasteiger partial charge in [-0.05, 0) is 0 Å². The molecule has 2 aromatic carbocycles. The molecule has 0 amide bonds. The zero-order valence-corrected chi connectivity index (χ0v) is 17.4. The summed E-state index contributed by atoms with van der Waals surface area (Å²) in [4.78, 5) is 29.6. The average Bonchev–Trinajstić information content (AvgIpc) is 2.75. The summed E-state index contributed by atoms with van der Waals surface area (Å²) in [6.45, 7) is 3.47. The fourth-order valence-corrected chi connectivity index (χ4v) is 3.23. The lowest BCUT2D eigenvalue weighted by Crippen LogP contribution is -2.46. The molecule has 0 aliphatic heterocycles. The molecule has 0 aliphatic carbocycles. The first-order chi connectivity index (χ1) is 13.9. The molecule has 0 aromatic heterocycles. The normalized spacial score (nSPS) is 12.2. The summed E-state index contributed by atoms with van der Waals surface area (Å²) < 4.78 is 15.3. The van der Waals surface area contributed by atoms with Crippen molar-refractivity contribution in [3.8, 4) is 0 Å². The van der Waals surface area contributed by atoms with E-state index in [-0.39, 0.29) is 0 Å². The van der Waals surface area contributed by atoms with Crippen molar-refractivity contribution in [3.05, 3.63) is 71.8 Å². The molecule has 0 saturated heterocycles. The highest BCUT2D eigenvalue weighted by Gasteiger charge is 2.48. The van der Waals surface area contributed by atoms with Gasteiger partial charge < -0.3 is 14.2 Å². The molecule has 0 aliphatic rings. The van der Waals surface area contributed by atoms with Gasteiger partial charge in [0.25, 0.3) is 0 Å². The fraction of sp³-hybridized carbons (Fsp3) is 0.348. The van der Waals surface area contributed by atoms with Crippen LogP contribution in [0.15, 0.2) is 65.7 Å². The number of aliphatic imine (C=N–C) groups is 1. The molecule has 2 rings (SSSR count). The average molecular weight is 397 g/mol. The topological polar surface area (TPSA) is 74.2 Å². The van der Waals surface area contributed by atoms with Gasteiger partial charge in [-0.25, -0.2) is 0 Å². The molecule has 29 heavy (non-hydrogen) atoms. The maximum atomic E-state index is 12.4. The monoisotopic (exact) mass is 397 g/mol. The van der Waals surface area contributed by atoms with Gasteiger partial charge in [-0.1, -0.05) is 74.5 Å². The van der Waals surface area contributed by atoms with Gasteiger partial charge in [0.15, 0.2) is 12.1 Å². The number of benzene rings is 2. The smallest absolute Gasteiger partial charge is 0.320 e. The van der Waals surface area contributed by atoms with E-state index in [0.29, 0.717) is 5.71 Å². The van der Waals surface area contributed by atoms with Crippen molar-refractivity contribution >= 4 is 17.7 Å². The molecule has 1 atom stereocenters. The van der Waals surface area contributed by atoms with Crippen LogP contribution in [0.4, 0.5) is 0 Å². The lowest BCUT2D eigenvalue weighted by Gasteiger charge is -2.35. The third-order valence-corrected chi connectivity index (χ3v) is 4.82. The zero-order valence-electron chi connectivity index (χ0n) is 17.4. The Morgan fingerprint density at radius 2 is 1.21 bits per heavy atom. The highest BCUT2D eigenvalue weighted by Crippen LogP contribution is 2.36. The predicted octanol–water partition coefficient (Wildman–Crippen LogP) is 3.48. The molecule has 6 heteroatoms. The van der Waals surface area contributed by atoms with Crippen LogP contribution in [0.1, 0.15) is 25.0 Å². The third-order valence-electron chi connectivity index (χ3n) is 4.82. The van der Waals surface area contributed by atoms with E-state index in [1.165, 1.54) is 21.3 Å². The molecule has 6 nitrogen and oxygen atoms in total. The number of esters is 2. The van der Waals surface area contributed by atoms with Crippen molar-refractivity contribution in [2.75, 3.05) is 21.3 Å². The minimum atomic E-state index is -1.20. The summed E-state index contributed by atoms with van der Waals surface area (Å²) in [5, 5.41) is 0. The standard InChI is InChI=1S/C23H27NO5/c1-23(2,18(20(25)27-3)21(26)28-4)22(29-5)24-19(16-12-8-6-9-13-16)17-14-10-7-11-15-17/h6-15,18,22H,1-5H3. The number of carbonyl (C=O) groups excluding carboxylic acids is 2. The third kappa shape index (κ3) is 5.09. The Kier molecular flexibility index (Phi) is 7.67. The summed E-state index contributed by atoms with van der Waals surface area (Å²) in [6.07, 6.45) is -0.818. The summed E-state index contributed by atoms with van der Waals surface area (Å²) in [6, 6.07) is 19.3. The van der Waals surface area contributed by atoms with Crippen molar-refractivity contribution in [2.24, 2.45) is 16.3 Å². The van der Waals surface area contributed by atoms with Gasteiger partial charge in [0.1, 0.15) is 0 Å². The highest BCUT2D eigenvalue weighted by molar-refractivity contribution is 6.13. The Bertz CT molecular complexity index is 789. The molecule has 0 fully saturated rings. The first-order valence-corrected chi connectivity index (χ1v) is 9.23. The van der Waals surface area contributed by atoms with Crippen LogP contribution in [0.5, 0.6) is 0 Å². The van der Waals surface area contributed by atoms with Crippen molar-refractivity contribution < 1.29 is 23.8 Å². The summed E-state index contributed by atoms with van der Waals surface area (Å²) in [7, 11) is 3.97. The molecule has 0 saturated carbocycles. The molecule has 0 radical (unpaired) electrons. The minimum Gasteiger partial charge on any atom is -0.468 e. The van der Waals surface area contributed by atoms with Gasteiger partial charge >= 0.3 is 11.9 Å². The van der Waals surface area contributed by atoms with Crippen LogP contribution < -0.4 is 0 Å². The van der Waals surface area contributed by atoms with E-state index in [1.807, 2.05) is 60.7 Å². The largest absolute Gasteiger partial charge is 0.468 e. The van der Waals surface area contributed by atoms with Crippen LogP contribution in [0.25, 0.3) is 0 Å². The maximum Gasteiger partial charge on any atom is 0.320 e. The minimum absolute atomic E-state index is 0.694. The molecule has 1 unspecified atom stereocenters. The summed E-state index contributed by atoms with van der Waals surface area (Å²) in [5.74, 6) is -2.58. The molecule has 0 N–H and O–H groups in total. The number of carbonyl (C=O) groups is 2. The number of ether oxygens (including phenoxy) is 3. The van der Waals surface area contributed by atoms with E-state index in [9.17, 15) is 9.59 Å². The van der Waals surface area contributed by atoms with Gasteiger partial charge in [-0.2, -0.15) is 0 Å².